The van der Waals surface area contributed by atoms with Gasteiger partial charge in [0.05, 0.1) is 25.6 Å². The van der Waals surface area contributed by atoms with E-state index in [0.29, 0.717) is 49.4 Å². The van der Waals surface area contributed by atoms with E-state index in [2.05, 4.69) is 46.6 Å². The van der Waals surface area contributed by atoms with E-state index in [-0.39, 0.29) is 30.4 Å². The zero-order chi connectivity index (χ0) is 30.3. The lowest BCUT2D eigenvalue weighted by atomic mass is 10.0. The summed E-state index contributed by atoms with van der Waals surface area (Å²) < 4.78 is 11.5. The molecule has 11 heteroatoms. The molecule has 5 rings (SSSR count). The minimum atomic E-state index is -0.316. The molecule has 10 nitrogen and oxygen atoms in total. The average Bonchev–Trinajstić information content (AvgIpc) is 3.46. The third-order valence-electron chi connectivity index (χ3n) is 8.77. The molecule has 0 aliphatic carbocycles. The van der Waals surface area contributed by atoms with Gasteiger partial charge in [0, 0.05) is 41.4 Å². The zero-order valence-corrected chi connectivity index (χ0v) is 25.9. The molecular formula is C32H40N6O4S. The fraction of sp³-hybridized carbons (Fsp3) is 0.531. The Morgan fingerprint density at radius 1 is 1.23 bits per heavy atom. The number of nitriles is 1. The van der Waals surface area contributed by atoms with Crippen LogP contribution in [0.5, 0.6) is 11.8 Å². The molecule has 1 aromatic heterocycles. The van der Waals surface area contributed by atoms with Crippen LogP contribution in [0.15, 0.2) is 35.7 Å². The van der Waals surface area contributed by atoms with Gasteiger partial charge in [0.2, 0.25) is 5.91 Å². The van der Waals surface area contributed by atoms with Gasteiger partial charge in [-0.25, -0.2) is 0 Å². The van der Waals surface area contributed by atoms with E-state index >= 15 is 0 Å². The first-order valence-electron chi connectivity index (χ1n) is 15.0. The molecule has 1 aromatic carbocycles. The van der Waals surface area contributed by atoms with E-state index in [1.165, 1.54) is 16.5 Å². The van der Waals surface area contributed by atoms with E-state index in [0.717, 1.165) is 56.2 Å². The maximum absolute atomic E-state index is 12.5. The van der Waals surface area contributed by atoms with Crippen LogP contribution in [0.25, 0.3) is 0 Å². The minimum Gasteiger partial charge on any atom is -0.497 e. The first-order chi connectivity index (χ1) is 20.9. The summed E-state index contributed by atoms with van der Waals surface area (Å²) in [5.41, 5.74) is 2.46. The molecule has 2 aromatic rings. The highest BCUT2D eigenvalue weighted by molar-refractivity contribution is 8.00. The largest absolute Gasteiger partial charge is 0.497 e. The summed E-state index contributed by atoms with van der Waals surface area (Å²) >= 11 is 1.86. The quantitative estimate of drug-likeness (QED) is 0.276. The van der Waals surface area contributed by atoms with Crippen molar-refractivity contribution in [3.05, 3.63) is 47.7 Å². The molecule has 3 aliphatic heterocycles. The van der Waals surface area contributed by atoms with Gasteiger partial charge in [-0.3, -0.25) is 9.59 Å². The fourth-order valence-electron chi connectivity index (χ4n) is 6.27. The molecule has 0 bridgehead atoms. The van der Waals surface area contributed by atoms with Crippen LogP contribution in [-0.2, 0) is 17.6 Å². The molecule has 4 heterocycles. The van der Waals surface area contributed by atoms with Crippen molar-refractivity contribution in [3.63, 3.8) is 0 Å². The minimum absolute atomic E-state index is 0.188. The number of nitrogens with zero attached hydrogens (tertiary/aromatic N) is 6. The number of hydrogen-bond acceptors (Lipinski definition) is 10. The number of aromatic nitrogens is 2. The lowest BCUT2D eigenvalue weighted by Gasteiger charge is -2.41. The lowest BCUT2D eigenvalue weighted by Crippen LogP contribution is -2.55. The number of piperazine rings is 1. The fourth-order valence-corrected chi connectivity index (χ4v) is 7.61. The van der Waals surface area contributed by atoms with Crippen LogP contribution in [0.2, 0.25) is 0 Å². The van der Waals surface area contributed by atoms with E-state index in [9.17, 15) is 14.9 Å². The number of thioether (sulfide) groups is 1. The SMILES string of the molecule is C=CC(=O)N1CCN(c2nc(OCC3CCCN3C)nc(C=O)c2CC[C@H]2CCc3ccc(OC)cc3S2)CC1CC#N. The third-order valence-corrected chi connectivity index (χ3v) is 10.2. The standard InChI is InChI=1S/C32H40N6O4S/c1-4-30(40)38-17-16-37(19-23(38)13-14-33)31-27(12-11-26-10-8-22-7-9-25(41-3)18-29(22)43-26)28(20-39)34-32(35-31)42-21-24-6-5-15-36(24)2/h4,7,9,18,20,23-24,26H,1,5-6,8,10-13,15-17,19,21H2,2-3H3/t23?,24?,26-/m1/s1. The van der Waals surface area contributed by atoms with Gasteiger partial charge in [-0.15, -0.1) is 11.8 Å². The first kappa shape index (κ1) is 30.8. The predicted octanol–water partition coefficient (Wildman–Crippen LogP) is 3.93. The maximum Gasteiger partial charge on any atom is 0.319 e. The van der Waals surface area contributed by atoms with Crippen molar-refractivity contribution < 1.29 is 19.1 Å². The highest BCUT2D eigenvalue weighted by Crippen LogP contribution is 2.40. The van der Waals surface area contributed by atoms with Crippen molar-refractivity contribution in [1.29, 1.82) is 5.26 Å². The summed E-state index contributed by atoms with van der Waals surface area (Å²) in [5.74, 6) is 1.32. The number of aldehydes is 1. The van der Waals surface area contributed by atoms with Gasteiger partial charge in [-0.2, -0.15) is 15.2 Å². The molecule has 228 valence electrons. The second-order valence-corrected chi connectivity index (χ2v) is 12.7. The van der Waals surface area contributed by atoms with E-state index in [1.807, 2.05) is 17.8 Å². The zero-order valence-electron chi connectivity index (χ0n) is 25.0. The van der Waals surface area contributed by atoms with Crippen molar-refractivity contribution in [2.45, 2.75) is 67.2 Å². The van der Waals surface area contributed by atoms with Crippen LogP contribution in [0.4, 0.5) is 5.82 Å². The van der Waals surface area contributed by atoms with E-state index in [1.54, 1.807) is 12.0 Å². The number of hydrogen-bond donors (Lipinski definition) is 0. The summed E-state index contributed by atoms with van der Waals surface area (Å²) in [7, 11) is 3.77. The Bertz CT molecular complexity index is 1380. The number of methoxy groups -OCH3 is 1. The van der Waals surface area contributed by atoms with Gasteiger partial charge in [0.25, 0.3) is 0 Å². The van der Waals surface area contributed by atoms with Crippen LogP contribution in [0.3, 0.4) is 0 Å². The Balaban J connectivity index is 1.40. The van der Waals surface area contributed by atoms with Gasteiger partial charge in [0.15, 0.2) is 6.29 Å². The van der Waals surface area contributed by atoms with Crippen LogP contribution >= 0.6 is 11.8 Å². The van der Waals surface area contributed by atoms with Gasteiger partial charge in [-0.05, 0) is 75.9 Å². The molecule has 0 spiro atoms. The second-order valence-electron chi connectivity index (χ2n) is 11.4. The monoisotopic (exact) mass is 604 g/mol. The van der Waals surface area contributed by atoms with E-state index < -0.39 is 0 Å². The molecule has 3 aliphatic rings. The summed E-state index contributed by atoms with van der Waals surface area (Å²) in [5, 5.41) is 9.89. The first-order valence-corrected chi connectivity index (χ1v) is 15.9. The third kappa shape index (κ3) is 7.13. The number of likely N-dealkylation sites (tertiary alicyclic amines) is 1. The predicted molar refractivity (Wildman–Crippen MR) is 166 cm³/mol. The number of amides is 1. The number of benzene rings is 1. The molecule has 3 atom stereocenters. The van der Waals surface area contributed by atoms with Crippen molar-refractivity contribution in [2.24, 2.45) is 0 Å². The second kappa shape index (κ2) is 14.2. The van der Waals surface area contributed by atoms with Crippen LogP contribution in [-0.4, -0.2) is 96.2 Å². The smallest absolute Gasteiger partial charge is 0.319 e. The average molecular weight is 605 g/mol. The summed E-state index contributed by atoms with van der Waals surface area (Å²) in [4.78, 5) is 41.7. The number of aryl methyl sites for hydroxylation is 1. The summed E-state index contributed by atoms with van der Waals surface area (Å²) in [6.07, 6.45) is 7.97. The molecule has 43 heavy (non-hydrogen) atoms. The normalized spacial score (nSPS) is 22.0. The van der Waals surface area contributed by atoms with Gasteiger partial charge in [0.1, 0.15) is 23.9 Å². The van der Waals surface area contributed by atoms with Crippen LogP contribution < -0.4 is 14.4 Å². The van der Waals surface area contributed by atoms with E-state index in [4.69, 9.17) is 14.5 Å². The number of carbonyl (C=O) groups is 2. The van der Waals surface area contributed by atoms with Crippen molar-refractivity contribution >= 4 is 29.8 Å². The number of rotatable bonds is 11. The Hall–Kier alpha value is -3.62. The highest BCUT2D eigenvalue weighted by Gasteiger charge is 2.33. The number of anilines is 1. The molecule has 1 amide bonds. The number of likely N-dealkylation sites (N-methyl/N-ethyl adjacent to an activating group) is 1. The number of carbonyl (C=O) groups excluding carboxylic acids is 2. The number of ether oxygens (including phenoxy) is 2. The molecule has 2 unspecified atom stereocenters. The Morgan fingerprint density at radius 2 is 2.09 bits per heavy atom. The van der Waals surface area contributed by atoms with Gasteiger partial charge in [-0.1, -0.05) is 12.6 Å². The molecular weight excluding hydrogens is 564 g/mol. The molecule has 2 fully saturated rings. The van der Waals surface area contributed by atoms with Crippen LogP contribution in [0, 0.1) is 11.3 Å². The Kier molecular flexibility index (Phi) is 10.2. The number of fused-ring (bicyclic) bond motifs is 1. The molecule has 0 radical (unpaired) electrons. The Labute approximate surface area is 258 Å². The molecule has 0 N–H and O–H groups in total. The van der Waals surface area contributed by atoms with Gasteiger partial charge >= 0.3 is 6.01 Å². The lowest BCUT2D eigenvalue weighted by molar-refractivity contribution is -0.128. The van der Waals surface area contributed by atoms with Crippen LogP contribution in [0.1, 0.15) is 53.7 Å². The van der Waals surface area contributed by atoms with Gasteiger partial charge < -0.3 is 24.2 Å². The topological polar surface area (TPSA) is 112 Å². The summed E-state index contributed by atoms with van der Waals surface area (Å²) in [6.45, 7) is 6.48. The molecule has 0 saturated carbocycles. The van der Waals surface area contributed by atoms with Crippen molar-refractivity contribution in [3.8, 4) is 17.8 Å². The highest BCUT2D eigenvalue weighted by atomic mass is 32.2. The van der Waals surface area contributed by atoms with Crippen molar-refractivity contribution in [1.82, 2.24) is 19.8 Å². The maximum atomic E-state index is 12.5. The molecule has 2 saturated heterocycles. The Morgan fingerprint density at radius 3 is 2.81 bits per heavy atom. The van der Waals surface area contributed by atoms with Crippen molar-refractivity contribution in [2.75, 3.05) is 51.8 Å². The summed E-state index contributed by atoms with van der Waals surface area (Å²) in [6, 6.07) is 8.63.